The summed E-state index contributed by atoms with van der Waals surface area (Å²) >= 11 is 0. The highest BCUT2D eigenvalue weighted by Crippen LogP contribution is 2.43. The van der Waals surface area contributed by atoms with Gasteiger partial charge in [-0.25, -0.2) is 0 Å². The van der Waals surface area contributed by atoms with Crippen molar-refractivity contribution in [3.05, 3.63) is 23.8 Å². The van der Waals surface area contributed by atoms with E-state index < -0.39 is 0 Å². The van der Waals surface area contributed by atoms with Crippen molar-refractivity contribution in [3.8, 4) is 5.75 Å². The van der Waals surface area contributed by atoms with Gasteiger partial charge in [0.2, 0.25) is 0 Å². The molecule has 0 spiro atoms. The second-order valence-electron chi connectivity index (χ2n) is 7.86. The van der Waals surface area contributed by atoms with Gasteiger partial charge in [-0.15, -0.1) is 0 Å². The van der Waals surface area contributed by atoms with E-state index in [4.69, 9.17) is 4.74 Å². The van der Waals surface area contributed by atoms with E-state index in [1.165, 1.54) is 49.9 Å². The maximum Gasteiger partial charge on any atom is 0.119 e. The number of hydrogen-bond donors (Lipinski definition) is 1. The fourth-order valence-corrected chi connectivity index (χ4v) is 4.09. The third-order valence-corrected chi connectivity index (χ3v) is 5.85. The van der Waals surface area contributed by atoms with Gasteiger partial charge in [0, 0.05) is 25.1 Å². The molecule has 4 rings (SSSR count). The molecule has 23 heavy (non-hydrogen) atoms. The first kappa shape index (κ1) is 16.6. The highest BCUT2D eigenvalue weighted by Gasteiger charge is 2.38. The molecule has 2 aliphatic heterocycles. The molecule has 0 bridgehead atoms. The molecule has 2 atom stereocenters. The van der Waals surface area contributed by atoms with E-state index in [0.29, 0.717) is 0 Å². The van der Waals surface area contributed by atoms with E-state index in [9.17, 15) is 0 Å². The summed E-state index contributed by atoms with van der Waals surface area (Å²) in [5, 5.41) is 3.61. The van der Waals surface area contributed by atoms with Gasteiger partial charge in [-0.2, -0.15) is 0 Å². The third-order valence-electron chi connectivity index (χ3n) is 5.85. The SMILES string of the molecule is C.CN1CCC[C@@H]1CC1(C)CNc2ccc(OCC3CC3)cc21.[HH]. The van der Waals surface area contributed by atoms with Gasteiger partial charge >= 0.3 is 0 Å². The Morgan fingerprint density at radius 3 is 2.87 bits per heavy atom. The predicted molar refractivity (Wildman–Crippen MR) is 99.6 cm³/mol. The fourth-order valence-electron chi connectivity index (χ4n) is 4.09. The van der Waals surface area contributed by atoms with Crippen LogP contribution in [0.25, 0.3) is 0 Å². The summed E-state index contributed by atoms with van der Waals surface area (Å²) in [5.74, 6) is 1.87. The van der Waals surface area contributed by atoms with Crippen LogP contribution < -0.4 is 10.1 Å². The molecule has 1 saturated heterocycles. The zero-order chi connectivity index (χ0) is 15.2. The number of anilines is 1. The standard InChI is InChI=1S/C19H28N2O.CH4.H2/c1-19(11-15-4-3-9-21(15)2)13-20-18-8-7-16(10-17(18)19)22-12-14-5-6-14;;/h7-8,10,14-15,20H,3-6,9,11-13H2,1-2H3;1H4;1H/t15-,19?;;/m1../s1. The fraction of sp³-hybridized carbons (Fsp3) is 0.700. The largest absolute Gasteiger partial charge is 0.493 e. The zero-order valence-corrected chi connectivity index (χ0v) is 13.9. The maximum atomic E-state index is 6.00. The molecule has 1 aromatic rings. The lowest BCUT2D eigenvalue weighted by Gasteiger charge is -2.31. The Morgan fingerprint density at radius 2 is 2.17 bits per heavy atom. The van der Waals surface area contributed by atoms with Gasteiger partial charge in [-0.05, 0) is 75.4 Å². The molecule has 1 aliphatic carbocycles. The second kappa shape index (κ2) is 6.35. The summed E-state index contributed by atoms with van der Waals surface area (Å²) in [7, 11) is 2.28. The van der Waals surface area contributed by atoms with Crippen molar-refractivity contribution in [2.24, 2.45) is 5.92 Å². The molecule has 3 nitrogen and oxygen atoms in total. The van der Waals surface area contributed by atoms with Gasteiger partial charge in [-0.1, -0.05) is 14.4 Å². The Balaban J connectivity index is 0.00000104. The van der Waals surface area contributed by atoms with Crippen LogP contribution in [-0.4, -0.2) is 37.7 Å². The molecule has 0 radical (unpaired) electrons. The monoisotopic (exact) mass is 318 g/mol. The predicted octanol–water partition coefficient (Wildman–Crippen LogP) is 4.53. The summed E-state index contributed by atoms with van der Waals surface area (Å²) in [6.45, 7) is 5.63. The molecule has 3 heteroatoms. The molecule has 2 fully saturated rings. The smallest absolute Gasteiger partial charge is 0.119 e. The van der Waals surface area contributed by atoms with Crippen LogP contribution in [-0.2, 0) is 5.41 Å². The molecule has 1 unspecified atom stereocenters. The van der Waals surface area contributed by atoms with Gasteiger partial charge in [-0.3, -0.25) is 0 Å². The average Bonchev–Trinajstić information content (AvgIpc) is 3.19. The van der Waals surface area contributed by atoms with Crippen LogP contribution in [0.2, 0.25) is 0 Å². The molecule has 0 aromatic heterocycles. The van der Waals surface area contributed by atoms with Crippen LogP contribution in [0.15, 0.2) is 18.2 Å². The van der Waals surface area contributed by atoms with Crippen LogP contribution >= 0.6 is 0 Å². The van der Waals surface area contributed by atoms with Gasteiger partial charge in [0.1, 0.15) is 5.75 Å². The quantitative estimate of drug-likeness (QED) is 0.863. The van der Waals surface area contributed by atoms with E-state index in [1.54, 1.807) is 0 Å². The minimum absolute atomic E-state index is 0. The topological polar surface area (TPSA) is 24.5 Å². The maximum absolute atomic E-state index is 6.00. The van der Waals surface area contributed by atoms with Crippen LogP contribution in [0.4, 0.5) is 5.69 Å². The van der Waals surface area contributed by atoms with Crippen molar-refractivity contribution in [2.75, 3.05) is 32.1 Å². The molecule has 130 valence electrons. The molecular formula is C20H34N2O. The van der Waals surface area contributed by atoms with Crippen LogP contribution in [0, 0.1) is 5.92 Å². The van der Waals surface area contributed by atoms with Crippen molar-refractivity contribution in [1.82, 2.24) is 4.90 Å². The highest BCUT2D eigenvalue weighted by molar-refractivity contribution is 5.62. The minimum atomic E-state index is 0. The van der Waals surface area contributed by atoms with Crippen molar-refractivity contribution < 1.29 is 6.16 Å². The summed E-state index contributed by atoms with van der Waals surface area (Å²) in [6, 6.07) is 7.36. The van der Waals surface area contributed by atoms with Gasteiger partial charge < -0.3 is 15.0 Å². The Bertz CT molecular complexity index is 561. The lowest BCUT2D eigenvalue weighted by atomic mass is 9.78. The van der Waals surface area contributed by atoms with Gasteiger partial charge in [0.15, 0.2) is 0 Å². The van der Waals surface area contributed by atoms with Crippen LogP contribution in [0.1, 0.15) is 53.4 Å². The van der Waals surface area contributed by atoms with Crippen molar-refractivity contribution >= 4 is 5.69 Å². The number of ether oxygens (including phenoxy) is 1. The lowest BCUT2D eigenvalue weighted by Crippen LogP contribution is -2.35. The average molecular weight is 319 g/mol. The van der Waals surface area contributed by atoms with E-state index in [2.05, 4.69) is 42.4 Å². The van der Waals surface area contributed by atoms with Gasteiger partial charge in [0.25, 0.3) is 0 Å². The van der Waals surface area contributed by atoms with E-state index in [-0.39, 0.29) is 14.3 Å². The molecular weight excluding hydrogens is 284 g/mol. The summed E-state index contributed by atoms with van der Waals surface area (Å²) in [6.07, 6.45) is 6.63. The molecule has 1 N–H and O–H groups in total. The highest BCUT2D eigenvalue weighted by atomic mass is 16.5. The number of benzene rings is 1. The van der Waals surface area contributed by atoms with Crippen LogP contribution in [0.3, 0.4) is 0 Å². The number of nitrogens with one attached hydrogen (secondary N) is 1. The number of fused-ring (bicyclic) bond motifs is 1. The Hall–Kier alpha value is -1.22. The lowest BCUT2D eigenvalue weighted by molar-refractivity contribution is 0.254. The number of nitrogens with zero attached hydrogens (tertiary/aromatic N) is 1. The van der Waals surface area contributed by atoms with E-state index >= 15 is 0 Å². The van der Waals surface area contributed by atoms with Crippen molar-refractivity contribution in [1.29, 1.82) is 0 Å². The van der Waals surface area contributed by atoms with E-state index in [1.807, 2.05) is 0 Å². The molecule has 0 amide bonds. The molecule has 1 aromatic carbocycles. The Kier molecular flexibility index (Phi) is 4.59. The summed E-state index contributed by atoms with van der Waals surface area (Å²) < 4.78 is 6.00. The summed E-state index contributed by atoms with van der Waals surface area (Å²) in [5.41, 5.74) is 3.00. The Morgan fingerprint density at radius 1 is 1.35 bits per heavy atom. The first-order valence-corrected chi connectivity index (χ1v) is 8.85. The van der Waals surface area contributed by atoms with Crippen LogP contribution in [0.5, 0.6) is 5.75 Å². The van der Waals surface area contributed by atoms with E-state index in [0.717, 1.165) is 30.9 Å². The zero-order valence-electron chi connectivity index (χ0n) is 13.9. The second-order valence-corrected chi connectivity index (χ2v) is 7.86. The van der Waals surface area contributed by atoms with Gasteiger partial charge in [0.05, 0.1) is 6.61 Å². The first-order valence-electron chi connectivity index (χ1n) is 8.85. The molecule has 3 aliphatic rings. The van der Waals surface area contributed by atoms with Crippen molar-refractivity contribution in [2.45, 2.75) is 57.9 Å². The summed E-state index contributed by atoms with van der Waals surface area (Å²) in [4.78, 5) is 2.54. The number of likely N-dealkylation sites (tertiary alicyclic amines) is 1. The first-order chi connectivity index (χ1) is 10.6. The minimum Gasteiger partial charge on any atom is -0.493 e. The normalized spacial score (nSPS) is 29.7. The number of rotatable bonds is 5. The molecule has 2 heterocycles. The van der Waals surface area contributed by atoms with Crippen molar-refractivity contribution in [3.63, 3.8) is 0 Å². The third kappa shape index (κ3) is 3.35. The Labute approximate surface area is 142 Å². The molecule has 1 saturated carbocycles. The number of hydrogen-bond acceptors (Lipinski definition) is 3.